The minimum absolute atomic E-state index is 0.0200. The average Bonchev–Trinajstić information content (AvgIpc) is 3.41. The van der Waals surface area contributed by atoms with Crippen LogP contribution in [0.15, 0.2) is 18.2 Å². The van der Waals surface area contributed by atoms with Crippen LogP contribution in [0, 0.1) is 0 Å². The Bertz CT molecular complexity index is 609. The molecule has 1 aromatic carbocycles. The summed E-state index contributed by atoms with van der Waals surface area (Å²) in [4.78, 5) is 26.6. The molecule has 0 aromatic heterocycles. The summed E-state index contributed by atoms with van der Waals surface area (Å²) in [5, 5.41) is 5.96. The average molecular weight is 360 g/mol. The number of anilines is 2. The molecule has 1 aliphatic rings. The standard InChI is InChI=1S/C21H33N3O2/c1-4-5-6-7-8-9-10-20(25)22-17-13-14-19(24(2)3)18(15-17)21(26)23-16-11-12-16/h13-16H,4-12H2,1-3H3,(H,22,25)(H,23,26). The molecule has 1 saturated carbocycles. The van der Waals surface area contributed by atoms with Crippen molar-refractivity contribution in [2.45, 2.75) is 70.8 Å². The van der Waals surface area contributed by atoms with E-state index in [4.69, 9.17) is 0 Å². The smallest absolute Gasteiger partial charge is 0.253 e. The van der Waals surface area contributed by atoms with Crippen molar-refractivity contribution in [1.29, 1.82) is 0 Å². The van der Waals surface area contributed by atoms with Gasteiger partial charge < -0.3 is 15.5 Å². The Balaban J connectivity index is 1.89. The molecule has 0 spiro atoms. The minimum atomic E-state index is -0.0665. The monoisotopic (exact) mass is 359 g/mol. The third-order valence-corrected chi connectivity index (χ3v) is 4.68. The summed E-state index contributed by atoms with van der Waals surface area (Å²) < 4.78 is 0. The lowest BCUT2D eigenvalue weighted by Gasteiger charge is -2.18. The molecule has 2 amide bonds. The fourth-order valence-electron chi connectivity index (χ4n) is 2.97. The van der Waals surface area contributed by atoms with Gasteiger partial charge in [-0.05, 0) is 37.5 Å². The van der Waals surface area contributed by atoms with Gasteiger partial charge in [-0.3, -0.25) is 9.59 Å². The van der Waals surface area contributed by atoms with E-state index in [1.165, 1.54) is 25.7 Å². The Morgan fingerprint density at radius 3 is 2.42 bits per heavy atom. The van der Waals surface area contributed by atoms with Gasteiger partial charge in [0, 0.05) is 37.9 Å². The van der Waals surface area contributed by atoms with E-state index in [1.807, 2.05) is 31.1 Å². The maximum Gasteiger partial charge on any atom is 0.253 e. The number of nitrogens with zero attached hydrogens (tertiary/aromatic N) is 1. The minimum Gasteiger partial charge on any atom is -0.377 e. The Morgan fingerprint density at radius 2 is 1.77 bits per heavy atom. The van der Waals surface area contributed by atoms with Crippen LogP contribution in [-0.2, 0) is 4.79 Å². The highest BCUT2D eigenvalue weighted by molar-refractivity contribution is 6.02. The zero-order valence-corrected chi connectivity index (χ0v) is 16.4. The van der Waals surface area contributed by atoms with E-state index in [0.717, 1.165) is 31.4 Å². The number of rotatable bonds is 11. The number of benzene rings is 1. The lowest BCUT2D eigenvalue weighted by atomic mass is 10.1. The van der Waals surface area contributed by atoms with Crippen molar-refractivity contribution in [3.8, 4) is 0 Å². The van der Waals surface area contributed by atoms with Crippen LogP contribution in [-0.4, -0.2) is 32.0 Å². The first kappa shape index (κ1) is 20.3. The van der Waals surface area contributed by atoms with Gasteiger partial charge in [-0.1, -0.05) is 39.0 Å². The Kier molecular flexibility index (Phi) is 7.95. The van der Waals surface area contributed by atoms with E-state index in [0.29, 0.717) is 23.7 Å². The summed E-state index contributed by atoms with van der Waals surface area (Å²) in [7, 11) is 3.83. The molecule has 5 heteroatoms. The molecule has 0 aliphatic heterocycles. The topological polar surface area (TPSA) is 61.4 Å². The molecule has 1 aromatic rings. The molecular formula is C21H33N3O2. The number of unbranched alkanes of at least 4 members (excludes halogenated alkanes) is 5. The molecule has 2 N–H and O–H groups in total. The summed E-state index contributed by atoms with van der Waals surface area (Å²) in [5.74, 6) is -0.0464. The Morgan fingerprint density at radius 1 is 1.08 bits per heavy atom. The first-order chi connectivity index (χ1) is 12.5. The van der Waals surface area contributed by atoms with E-state index in [2.05, 4.69) is 17.6 Å². The van der Waals surface area contributed by atoms with Gasteiger partial charge in [-0.25, -0.2) is 0 Å². The molecule has 5 nitrogen and oxygen atoms in total. The Hall–Kier alpha value is -2.04. The van der Waals surface area contributed by atoms with Gasteiger partial charge in [0.25, 0.3) is 5.91 Å². The maximum atomic E-state index is 12.5. The number of nitrogens with one attached hydrogen (secondary N) is 2. The highest BCUT2D eigenvalue weighted by atomic mass is 16.2. The van der Waals surface area contributed by atoms with Crippen molar-refractivity contribution < 1.29 is 9.59 Å². The molecule has 1 aliphatic carbocycles. The van der Waals surface area contributed by atoms with Gasteiger partial charge in [0.2, 0.25) is 5.91 Å². The quantitative estimate of drug-likeness (QED) is 0.578. The molecular weight excluding hydrogens is 326 g/mol. The van der Waals surface area contributed by atoms with Crippen molar-refractivity contribution in [2.75, 3.05) is 24.3 Å². The first-order valence-corrected chi connectivity index (χ1v) is 9.93. The number of carbonyl (C=O) groups excluding carboxylic acids is 2. The highest BCUT2D eigenvalue weighted by Gasteiger charge is 2.25. The zero-order valence-electron chi connectivity index (χ0n) is 16.4. The molecule has 0 unspecified atom stereocenters. The number of hydrogen-bond acceptors (Lipinski definition) is 3. The molecule has 0 heterocycles. The van der Waals surface area contributed by atoms with E-state index < -0.39 is 0 Å². The van der Waals surface area contributed by atoms with Crippen LogP contribution >= 0.6 is 0 Å². The van der Waals surface area contributed by atoms with E-state index in [1.54, 1.807) is 6.07 Å². The molecule has 0 radical (unpaired) electrons. The fourth-order valence-corrected chi connectivity index (χ4v) is 2.97. The van der Waals surface area contributed by atoms with Crippen LogP contribution in [0.5, 0.6) is 0 Å². The number of carbonyl (C=O) groups is 2. The summed E-state index contributed by atoms with van der Waals surface area (Å²) >= 11 is 0. The molecule has 1 fully saturated rings. The van der Waals surface area contributed by atoms with Crippen LogP contribution in [0.4, 0.5) is 11.4 Å². The number of amides is 2. The van der Waals surface area contributed by atoms with E-state index >= 15 is 0 Å². The second kappa shape index (κ2) is 10.2. The van der Waals surface area contributed by atoms with E-state index in [-0.39, 0.29) is 11.8 Å². The van der Waals surface area contributed by atoms with Gasteiger partial charge in [0.05, 0.1) is 5.56 Å². The SMILES string of the molecule is CCCCCCCCC(=O)Nc1ccc(N(C)C)c(C(=O)NC2CC2)c1. The lowest BCUT2D eigenvalue weighted by Crippen LogP contribution is -2.27. The van der Waals surface area contributed by atoms with Crippen molar-refractivity contribution in [2.24, 2.45) is 0 Å². The summed E-state index contributed by atoms with van der Waals surface area (Å²) in [6.45, 7) is 2.20. The first-order valence-electron chi connectivity index (χ1n) is 9.93. The second-order valence-electron chi connectivity index (χ2n) is 7.44. The summed E-state index contributed by atoms with van der Waals surface area (Å²) in [6, 6.07) is 5.85. The van der Waals surface area contributed by atoms with Gasteiger partial charge in [-0.15, -0.1) is 0 Å². The zero-order chi connectivity index (χ0) is 18.9. The largest absolute Gasteiger partial charge is 0.377 e. The van der Waals surface area contributed by atoms with Crippen LogP contribution in [0.2, 0.25) is 0 Å². The van der Waals surface area contributed by atoms with Crippen molar-refractivity contribution in [1.82, 2.24) is 5.32 Å². The van der Waals surface area contributed by atoms with Gasteiger partial charge in [-0.2, -0.15) is 0 Å². The molecule has 144 valence electrons. The number of hydrogen-bond donors (Lipinski definition) is 2. The van der Waals surface area contributed by atoms with Crippen LogP contribution in [0.25, 0.3) is 0 Å². The van der Waals surface area contributed by atoms with E-state index in [9.17, 15) is 9.59 Å². The predicted molar refractivity (Wildman–Crippen MR) is 108 cm³/mol. The van der Waals surface area contributed by atoms with Gasteiger partial charge in [0.1, 0.15) is 0 Å². The van der Waals surface area contributed by atoms with Crippen molar-refractivity contribution >= 4 is 23.2 Å². The Labute approximate surface area is 157 Å². The summed E-state index contributed by atoms with van der Waals surface area (Å²) in [5.41, 5.74) is 2.16. The van der Waals surface area contributed by atoms with Crippen molar-refractivity contribution in [3.63, 3.8) is 0 Å². The maximum absolute atomic E-state index is 12.5. The normalized spacial score (nSPS) is 13.3. The third-order valence-electron chi connectivity index (χ3n) is 4.68. The second-order valence-corrected chi connectivity index (χ2v) is 7.44. The third kappa shape index (κ3) is 6.70. The predicted octanol–water partition coefficient (Wildman–Crippen LogP) is 4.33. The molecule has 2 rings (SSSR count). The summed E-state index contributed by atoms with van der Waals surface area (Å²) in [6.07, 6.45) is 9.62. The van der Waals surface area contributed by atoms with Crippen LogP contribution in [0.3, 0.4) is 0 Å². The van der Waals surface area contributed by atoms with Gasteiger partial charge in [0.15, 0.2) is 0 Å². The lowest BCUT2D eigenvalue weighted by molar-refractivity contribution is -0.116. The molecule has 0 saturated heterocycles. The van der Waals surface area contributed by atoms with Crippen LogP contribution < -0.4 is 15.5 Å². The molecule has 26 heavy (non-hydrogen) atoms. The molecule has 0 bridgehead atoms. The fraction of sp³-hybridized carbons (Fsp3) is 0.619. The highest BCUT2D eigenvalue weighted by Crippen LogP contribution is 2.25. The van der Waals surface area contributed by atoms with Crippen LogP contribution in [0.1, 0.15) is 75.1 Å². The molecule has 0 atom stereocenters. The van der Waals surface area contributed by atoms with Crippen molar-refractivity contribution in [3.05, 3.63) is 23.8 Å². The van der Waals surface area contributed by atoms with Gasteiger partial charge >= 0.3 is 0 Å².